The molecule has 1 unspecified atom stereocenters. The molecule has 96 valence electrons. The van der Waals surface area contributed by atoms with Crippen molar-refractivity contribution in [2.24, 2.45) is 0 Å². The molecule has 0 heterocycles. The quantitative estimate of drug-likeness (QED) is 0.799. The van der Waals surface area contributed by atoms with Gasteiger partial charge in [-0.05, 0) is 38.8 Å². The van der Waals surface area contributed by atoms with Gasteiger partial charge in [0, 0.05) is 11.7 Å². The Labute approximate surface area is 108 Å². The molecule has 0 saturated heterocycles. The molecule has 1 aliphatic carbocycles. The van der Waals surface area contributed by atoms with E-state index in [0.717, 1.165) is 18.5 Å². The van der Waals surface area contributed by atoms with Crippen molar-refractivity contribution in [2.75, 3.05) is 5.32 Å². The minimum absolute atomic E-state index is 0.0192. The lowest BCUT2D eigenvalue weighted by Gasteiger charge is -2.18. The van der Waals surface area contributed by atoms with E-state index < -0.39 is 0 Å². The summed E-state index contributed by atoms with van der Waals surface area (Å²) in [5.74, 6) is 0.0192. The first-order valence-electron chi connectivity index (χ1n) is 6.44. The summed E-state index contributed by atoms with van der Waals surface area (Å²) in [4.78, 5) is 12.0. The van der Waals surface area contributed by atoms with E-state index in [-0.39, 0.29) is 11.9 Å². The zero-order valence-electron chi connectivity index (χ0n) is 10.9. The van der Waals surface area contributed by atoms with Crippen LogP contribution in [0.25, 0.3) is 0 Å². The number of rotatable bonds is 4. The molecule has 0 aromatic heterocycles. The van der Waals surface area contributed by atoms with Crippen molar-refractivity contribution in [1.82, 2.24) is 5.32 Å². The summed E-state index contributed by atoms with van der Waals surface area (Å²) in [6.07, 6.45) is 6.34. The highest BCUT2D eigenvalue weighted by atomic mass is 16.2. The van der Waals surface area contributed by atoms with Gasteiger partial charge in [-0.3, -0.25) is 4.79 Å². The predicted octanol–water partition coefficient (Wildman–Crippen LogP) is 2.63. The smallest absolute Gasteiger partial charge is 0.241 e. The predicted molar refractivity (Wildman–Crippen MR) is 74.6 cm³/mol. The van der Waals surface area contributed by atoms with Crippen LogP contribution in [-0.2, 0) is 4.79 Å². The number of benzene rings is 1. The summed E-state index contributed by atoms with van der Waals surface area (Å²) in [5, 5.41) is 6.26. The minimum Gasteiger partial charge on any atom is -0.325 e. The molecule has 18 heavy (non-hydrogen) atoms. The lowest BCUT2D eigenvalue weighted by Crippen LogP contribution is -2.43. The standard InChI is InChI=1S/C15H20N2O/c1-11-7-9-14(10-8-11)17-15(18)12(2)16-13-5-3-4-6-13/h3-4,7-10,12-13,16H,5-6H2,1-2H3,(H,17,18). The molecule has 2 rings (SSSR count). The summed E-state index contributed by atoms with van der Waals surface area (Å²) < 4.78 is 0. The maximum absolute atomic E-state index is 12.0. The van der Waals surface area contributed by atoms with Crippen molar-refractivity contribution >= 4 is 11.6 Å². The number of carbonyl (C=O) groups is 1. The highest BCUT2D eigenvalue weighted by Gasteiger charge is 2.18. The van der Waals surface area contributed by atoms with Crippen LogP contribution in [0.1, 0.15) is 25.3 Å². The third-order valence-electron chi connectivity index (χ3n) is 3.21. The maximum Gasteiger partial charge on any atom is 0.241 e. The fourth-order valence-electron chi connectivity index (χ4n) is 2.07. The Kier molecular flexibility index (Phi) is 4.15. The first-order chi connectivity index (χ1) is 8.65. The van der Waals surface area contributed by atoms with Gasteiger partial charge in [0.05, 0.1) is 6.04 Å². The second kappa shape index (κ2) is 5.83. The molecule has 1 aromatic carbocycles. The van der Waals surface area contributed by atoms with Crippen molar-refractivity contribution in [2.45, 2.75) is 38.8 Å². The highest BCUT2D eigenvalue weighted by molar-refractivity contribution is 5.94. The Balaban J connectivity index is 1.84. The molecule has 1 aromatic rings. The number of amides is 1. The van der Waals surface area contributed by atoms with E-state index in [1.807, 2.05) is 38.1 Å². The topological polar surface area (TPSA) is 41.1 Å². The third-order valence-corrected chi connectivity index (χ3v) is 3.21. The Morgan fingerprint density at radius 1 is 1.22 bits per heavy atom. The summed E-state index contributed by atoms with van der Waals surface area (Å²) >= 11 is 0. The van der Waals surface area contributed by atoms with E-state index in [1.165, 1.54) is 5.56 Å². The van der Waals surface area contributed by atoms with E-state index in [0.29, 0.717) is 6.04 Å². The molecule has 0 saturated carbocycles. The fraction of sp³-hybridized carbons (Fsp3) is 0.400. The lowest BCUT2D eigenvalue weighted by molar-refractivity contribution is -0.117. The Bertz CT molecular complexity index is 428. The molecule has 0 aliphatic heterocycles. The summed E-state index contributed by atoms with van der Waals surface area (Å²) in [6, 6.07) is 8.08. The van der Waals surface area contributed by atoms with Crippen LogP contribution in [0.4, 0.5) is 5.69 Å². The molecule has 1 amide bonds. The molecular formula is C15H20N2O. The largest absolute Gasteiger partial charge is 0.325 e. The minimum atomic E-state index is -0.170. The van der Waals surface area contributed by atoms with Gasteiger partial charge in [0.15, 0.2) is 0 Å². The monoisotopic (exact) mass is 244 g/mol. The molecule has 1 aliphatic rings. The molecule has 2 N–H and O–H groups in total. The molecular weight excluding hydrogens is 224 g/mol. The van der Waals surface area contributed by atoms with Crippen molar-refractivity contribution < 1.29 is 4.79 Å². The number of aryl methyl sites for hydroxylation is 1. The van der Waals surface area contributed by atoms with Crippen molar-refractivity contribution in [3.05, 3.63) is 42.0 Å². The van der Waals surface area contributed by atoms with E-state index in [4.69, 9.17) is 0 Å². The SMILES string of the molecule is Cc1ccc(NC(=O)C(C)NC2CC=CC2)cc1. The van der Waals surface area contributed by atoms with E-state index >= 15 is 0 Å². The van der Waals surface area contributed by atoms with Crippen LogP contribution in [0.5, 0.6) is 0 Å². The molecule has 0 fully saturated rings. The number of carbonyl (C=O) groups excluding carboxylic acids is 1. The molecule has 1 atom stereocenters. The number of hydrogen-bond donors (Lipinski definition) is 2. The van der Waals surface area contributed by atoms with Crippen molar-refractivity contribution in [3.63, 3.8) is 0 Å². The summed E-state index contributed by atoms with van der Waals surface area (Å²) in [5.41, 5.74) is 2.04. The molecule has 3 nitrogen and oxygen atoms in total. The van der Waals surface area contributed by atoms with Gasteiger partial charge in [-0.15, -0.1) is 0 Å². The van der Waals surface area contributed by atoms with E-state index in [9.17, 15) is 4.79 Å². The third kappa shape index (κ3) is 3.44. The Morgan fingerprint density at radius 2 is 1.83 bits per heavy atom. The van der Waals surface area contributed by atoms with Gasteiger partial charge in [-0.25, -0.2) is 0 Å². The zero-order valence-corrected chi connectivity index (χ0v) is 10.9. The Morgan fingerprint density at radius 3 is 2.44 bits per heavy atom. The molecule has 0 bridgehead atoms. The van der Waals surface area contributed by atoms with E-state index in [1.54, 1.807) is 0 Å². The average molecular weight is 244 g/mol. The van der Waals surface area contributed by atoms with Crippen molar-refractivity contribution in [3.8, 4) is 0 Å². The van der Waals surface area contributed by atoms with Gasteiger partial charge >= 0.3 is 0 Å². The van der Waals surface area contributed by atoms with Crippen LogP contribution in [-0.4, -0.2) is 18.0 Å². The van der Waals surface area contributed by atoms with Crippen LogP contribution in [0.15, 0.2) is 36.4 Å². The van der Waals surface area contributed by atoms with Crippen LogP contribution in [0.3, 0.4) is 0 Å². The van der Waals surface area contributed by atoms with Gasteiger partial charge in [-0.2, -0.15) is 0 Å². The molecule has 0 radical (unpaired) electrons. The number of hydrogen-bond acceptors (Lipinski definition) is 2. The van der Waals surface area contributed by atoms with Gasteiger partial charge in [0.25, 0.3) is 0 Å². The first kappa shape index (κ1) is 12.8. The number of nitrogens with one attached hydrogen (secondary N) is 2. The number of anilines is 1. The average Bonchev–Trinajstić information content (AvgIpc) is 2.85. The summed E-state index contributed by atoms with van der Waals surface area (Å²) in [6.45, 7) is 3.94. The van der Waals surface area contributed by atoms with Gasteiger partial charge in [0.1, 0.15) is 0 Å². The Hall–Kier alpha value is -1.61. The second-order valence-electron chi connectivity index (χ2n) is 4.88. The van der Waals surface area contributed by atoms with Gasteiger partial charge in [0.2, 0.25) is 5.91 Å². The van der Waals surface area contributed by atoms with Gasteiger partial charge < -0.3 is 10.6 Å². The molecule has 3 heteroatoms. The maximum atomic E-state index is 12.0. The first-order valence-corrected chi connectivity index (χ1v) is 6.44. The second-order valence-corrected chi connectivity index (χ2v) is 4.88. The highest BCUT2D eigenvalue weighted by Crippen LogP contribution is 2.12. The van der Waals surface area contributed by atoms with Gasteiger partial charge in [-0.1, -0.05) is 29.8 Å². The van der Waals surface area contributed by atoms with Crippen LogP contribution in [0.2, 0.25) is 0 Å². The zero-order chi connectivity index (χ0) is 13.0. The fourth-order valence-corrected chi connectivity index (χ4v) is 2.07. The van der Waals surface area contributed by atoms with E-state index in [2.05, 4.69) is 22.8 Å². The van der Waals surface area contributed by atoms with Crippen LogP contribution >= 0.6 is 0 Å². The summed E-state index contributed by atoms with van der Waals surface area (Å²) in [7, 11) is 0. The van der Waals surface area contributed by atoms with Crippen LogP contribution < -0.4 is 10.6 Å². The lowest BCUT2D eigenvalue weighted by atomic mass is 10.2. The normalized spacial score (nSPS) is 16.8. The van der Waals surface area contributed by atoms with Crippen LogP contribution in [0, 0.1) is 6.92 Å². The van der Waals surface area contributed by atoms with Crippen molar-refractivity contribution in [1.29, 1.82) is 0 Å². The molecule has 0 spiro atoms.